The average Bonchev–Trinajstić information content (AvgIpc) is 2.70. The summed E-state index contributed by atoms with van der Waals surface area (Å²) < 4.78 is 48.5. The number of benzene rings is 1. The zero-order valence-electron chi connectivity index (χ0n) is 16.2. The lowest BCUT2D eigenvalue weighted by atomic mass is 9.97. The Morgan fingerprint density at radius 1 is 1.27 bits per heavy atom. The fraction of sp³-hybridized carbons (Fsp3) is 0.474. The van der Waals surface area contributed by atoms with Gasteiger partial charge in [-0.1, -0.05) is 12.1 Å². The predicted octanol–water partition coefficient (Wildman–Crippen LogP) is 0.433. The highest BCUT2D eigenvalue weighted by atomic mass is 19.4. The Bertz CT molecular complexity index is 784. The third-order valence-corrected chi connectivity index (χ3v) is 4.47. The van der Waals surface area contributed by atoms with E-state index in [-0.39, 0.29) is 5.56 Å². The number of halogens is 3. The highest BCUT2D eigenvalue weighted by molar-refractivity contribution is 5.94. The molecule has 4 N–H and O–H groups in total. The summed E-state index contributed by atoms with van der Waals surface area (Å²) in [6.45, 7) is 1.06. The van der Waals surface area contributed by atoms with Crippen LogP contribution in [0.25, 0.3) is 6.08 Å². The van der Waals surface area contributed by atoms with Crippen LogP contribution in [0.1, 0.15) is 18.1 Å². The number of rotatable bonds is 6. The van der Waals surface area contributed by atoms with Crippen molar-refractivity contribution in [1.29, 1.82) is 0 Å². The van der Waals surface area contributed by atoms with E-state index in [0.717, 1.165) is 18.2 Å². The van der Waals surface area contributed by atoms with Crippen molar-refractivity contribution in [3.63, 3.8) is 0 Å². The SMILES string of the molecule is COC1OC(C)C(O)C(O)C1NC(=O)CNC(=O)/C=C/c1cccc(C(F)(F)F)c1. The van der Waals surface area contributed by atoms with Crippen LogP contribution in [0.4, 0.5) is 13.2 Å². The van der Waals surface area contributed by atoms with Crippen LogP contribution in [-0.4, -0.2) is 66.3 Å². The van der Waals surface area contributed by atoms with Crippen LogP contribution >= 0.6 is 0 Å². The van der Waals surface area contributed by atoms with Crippen LogP contribution in [0.2, 0.25) is 0 Å². The molecule has 5 unspecified atom stereocenters. The van der Waals surface area contributed by atoms with Gasteiger partial charge >= 0.3 is 6.18 Å². The maximum Gasteiger partial charge on any atom is 0.416 e. The third-order valence-electron chi connectivity index (χ3n) is 4.47. The summed E-state index contributed by atoms with van der Waals surface area (Å²) in [6, 6.07) is 3.35. The van der Waals surface area contributed by atoms with Crippen molar-refractivity contribution in [2.24, 2.45) is 0 Å². The third kappa shape index (κ3) is 6.26. The molecule has 0 bridgehead atoms. The molecule has 11 heteroatoms. The molecule has 2 rings (SSSR count). The van der Waals surface area contributed by atoms with E-state index in [9.17, 15) is 33.0 Å². The second-order valence-electron chi connectivity index (χ2n) is 6.69. The molecule has 5 atom stereocenters. The number of nitrogens with one attached hydrogen (secondary N) is 2. The normalized spacial score (nSPS) is 27.1. The molecule has 0 aromatic heterocycles. The highest BCUT2D eigenvalue weighted by Crippen LogP contribution is 2.29. The molecule has 2 amide bonds. The van der Waals surface area contributed by atoms with E-state index in [2.05, 4.69) is 10.6 Å². The minimum atomic E-state index is -4.50. The first-order chi connectivity index (χ1) is 14.0. The zero-order valence-corrected chi connectivity index (χ0v) is 16.2. The number of carbonyl (C=O) groups excluding carboxylic acids is 2. The molecule has 1 saturated heterocycles. The van der Waals surface area contributed by atoms with Gasteiger partial charge in [0.05, 0.1) is 18.2 Å². The number of carbonyl (C=O) groups is 2. The Morgan fingerprint density at radius 2 is 1.97 bits per heavy atom. The van der Waals surface area contributed by atoms with Gasteiger partial charge in [0.2, 0.25) is 11.8 Å². The number of hydrogen-bond donors (Lipinski definition) is 4. The van der Waals surface area contributed by atoms with Crippen molar-refractivity contribution < 1.29 is 42.4 Å². The first-order valence-electron chi connectivity index (χ1n) is 9.00. The zero-order chi connectivity index (χ0) is 22.5. The monoisotopic (exact) mass is 432 g/mol. The van der Waals surface area contributed by atoms with Gasteiger partial charge in [0.1, 0.15) is 18.2 Å². The molecule has 0 saturated carbocycles. The topological polar surface area (TPSA) is 117 Å². The van der Waals surface area contributed by atoms with E-state index < -0.39 is 60.7 Å². The summed E-state index contributed by atoms with van der Waals surface area (Å²) in [4.78, 5) is 23.9. The van der Waals surface area contributed by atoms with Crippen LogP contribution < -0.4 is 10.6 Å². The second-order valence-corrected chi connectivity index (χ2v) is 6.69. The maximum atomic E-state index is 12.7. The Morgan fingerprint density at radius 3 is 2.60 bits per heavy atom. The van der Waals surface area contributed by atoms with Crippen LogP contribution in [0.3, 0.4) is 0 Å². The fourth-order valence-corrected chi connectivity index (χ4v) is 2.84. The highest BCUT2D eigenvalue weighted by Gasteiger charge is 2.43. The summed E-state index contributed by atoms with van der Waals surface area (Å²) in [6.07, 6.45) is -6.63. The lowest BCUT2D eigenvalue weighted by molar-refractivity contribution is -0.252. The average molecular weight is 432 g/mol. The van der Waals surface area contributed by atoms with Gasteiger partial charge in [-0.15, -0.1) is 0 Å². The Kier molecular flexibility index (Phi) is 7.96. The number of hydrogen-bond acceptors (Lipinski definition) is 6. The van der Waals surface area contributed by atoms with Gasteiger partial charge in [0, 0.05) is 13.2 Å². The summed E-state index contributed by atoms with van der Waals surface area (Å²) in [5.74, 6) is -1.40. The quantitative estimate of drug-likeness (QED) is 0.485. The molecule has 1 aliphatic rings. The van der Waals surface area contributed by atoms with Crippen molar-refractivity contribution in [1.82, 2.24) is 10.6 Å². The van der Waals surface area contributed by atoms with Crippen molar-refractivity contribution in [2.75, 3.05) is 13.7 Å². The molecule has 1 fully saturated rings. The molecule has 166 valence electrons. The van der Waals surface area contributed by atoms with Crippen LogP contribution in [0, 0.1) is 0 Å². The lowest BCUT2D eigenvalue weighted by Crippen LogP contribution is -2.64. The molecule has 0 aliphatic carbocycles. The molecule has 1 aromatic carbocycles. The second kappa shape index (κ2) is 10.0. The number of alkyl halides is 3. The largest absolute Gasteiger partial charge is 0.416 e. The Balaban J connectivity index is 1.88. The summed E-state index contributed by atoms with van der Waals surface area (Å²) in [5, 5.41) is 24.7. The summed E-state index contributed by atoms with van der Waals surface area (Å²) in [7, 11) is 1.31. The van der Waals surface area contributed by atoms with Crippen LogP contribution in [-0.2, 0) is 25.2 Å². The van der Waals surface area contributed by atoms with Gasteiger partial charge in [-0.05, 0) is 30.7 Å². The smallest absolute Gasteiger partial charge is 0.388 e. The number of ether oxygens (including phenoxy) is 2. The van der Waals surface area contributed by atoms with Crippen molar-refractivity contribution in [2.45, 2.75) is 43.7 Å². The number of methoxy groups -OCH3 is 1. The molecule has 0 spiro atoms. The molecular formula is C19H23F3N2O6. The van der Waals surface area contributed by atoms with Gasteiger partial charge in [0.25, 0.3) is 0 Å². The number of aliphatic hydroxyl groups excluding tert-OH is 2. The minimum absolute atomic E-state index is 0.165. The lowest BCUT2D eigenvalue weighted by Gasteiger charge is -2.41. The molecule has 0 radical (unpaired) electrons. The van der Waals surface area contributed by atoms with Crippen molar-refractivity contribution in [3.05, 3.63) is 41.5 Å². The maximum absolute atomic E-state index is 12.7. The standard InChI is InChI=1S/C19H23F3N2O6/c1-10-16(27)17(28)15(18(29-2)30-10)24-14(26)9-23-13(25)7-6-11-4-3-5-12(8-11)19(20,21)22/h3-8,10,15-18,27-28H,9H2,1-2H3,(H,23,25)(H,24,26)/b7-6+. The Hall–Kier alpha value is -2.47. The molecule has 1 aromatic rings. The first-order valence-corrected chi connectivity index (χ1v) is 9.00. The van der Waals surface area contributed by atoms with Gasteiger partial charge in [-0.3, -0.25) is 9.59 Å². The predicted molar refractivity (Wildman–Crippen MR) is 98.8 cm³/mol. The summed E-state index contributed by atoms with van der Waals surface area (Å²) in [5.41, 5.74) is -0.681. The summed E-state index contributed by atoms with van der Waals surface area (Å²) >= 11 is 0. The molecule has 8 nitrogen and oxygen atoms in total. The van der Waals surface area contributed by atoms with E-state index in [1.54, 1.807) is 0 Å². The van der Waals surface area contributed by atoms with E-state index in [1.165, 1.54) is 32.2 Å². The molecular weight excluding hydrogens is 409 g/mol. The van der Waals surface area contributed by atoms with Crippen LogP contribution in [0.15, 0.2) is 30.3 Å². The van der Waals surface area contributed by atoms with Crippen molar-refractivity contribution >= 4 is 17.9 Å². The van der Waals surface area contributed by atoms with E-state index >= 15 is 0 Å². The minimum Gasteiger partial charge on any atom is -0.388 e. The van der Waals surface area contributed by atoms with E-state index in [4.69, 9.17) is 9.47 Å². The van der Waals surface area contributed by atoms with Gasteiger partial charge in [-0.2, -0.15) is 13.2 Å². The van der Waals surface area contributed by atoms with Crippen molar-refractivity contribution in [3.8, 4) is 0 Å². The van der Waals surface area contributed by atoms with Crippen LogP contribution in [0.5, 0.6) is 0 Å². The Labute approximate surface area is 170 Å². The molecule has 30 heavy (non-hydrogen) atoms. The molecule has 1 aliphatic heterocycles. The first kappa shape index (κ1) is 23.8. The van der Waals surface area contributed by atoms with Gasteiger partial charge < -0.3 is 30.3 Å². The van der Waals surface area contributed by atoms with Gasteiger partial charge in [-0.25, -0.2) is 0 Å². The van der Waals surface area contributed by atoms with E-state index in [0.29, 0.717) is 0 Å². The van der Waals surface area contributed by atoms with E-state index in [1.807, 2.05) is 0 Å². The van der Waals surface area contributed by atoms with Gasteiger partial charge in [0.15, 0.2) is 6.29 Å². The fourth-order valence-electron chi connectivity index (χ4n) is 2.84. The number of amides is 2. The number of aliphatic hydroxyl groups is 2. The molecule has 1 heterocycles.